The van der Waals surface area contributed by atoms with Crippen LogP contribution in [0.1, 0.15) is 74.9 Å². The second-order valence-electron chi connectivity index (χ2n) is 15.0. The topological polar surface area (TPSA) is 91.8 Å². The van der Waals surface area contributed by atoms with E-state index in [0.717, 1.165) is 33.4 Å². The predicted octanol–water partition coefficient (Wildman–Crippen LogP) is 10.6. The van der Waals surface area contributed by atoms with Crippen molar-refractivity contribution in [2.24, 2.45) is 0 Å². The average molecular weight is 725 g/mol. The van der Waals surface area contributed by atoms with E-state index in [9.17, 15) is 10.4 Å². The van der Waals surface area contributed by atoms with Crippen molar-refractivity contribution in [2.45, 2.75) is 63.6 Å². The van der Waals surface area contributed by atoms with Gasteiger partial charge in [0, 0.05) is 43.4 Å². The van der Waals surface area contributed by atoms with Crippen molar-refractivity contribution < 1.29 is 18.9 Å². The van der Waals surface area contributed by atoms with E-state index >= 15 is 0 Å². The molecule has 0 spiro atoms. The van der Waals surface area contributed by atoms with Gasteiger partial charge in [-0.05, 0) is 23.0 Å². The number of hydrogen-bond acceptors (Lipinski definition) is 6. The molecule has 0 saturated heterocycles. The maximum atomic E-state index is 11.7. The third-order valence-corrected chi connectivity index (χ3v) is 9.14. The summed E-state index contributed by atoms with van der Waals surface area (Å²) in [6.45, 7) is 13.4. The van der Waals surface area contributed by atoms with E-state index in [1.165, 1.54) is 0 Å². The van der Waals surface area contributed by atoms with Gasteiger partial charge in [0.05, 0.1) is 13.2 Å². The average Bonchev–Trinajstić information content (AvgIpc) is 3.18. The maximum Gasteiger partial charge on any atom is 0.344 e. The highest BCUT2D eigenvalue weighted by Gasteiger charge is 2.41. The fraction of sp³-hybridized carbons (Fsp3) is 0.304. The number of rotatable bonds is 14. The van der Waals surface area contributed by atoms with Crippen LogP contribution in [0.15, 0.2) is 133 Å². The summed E-state index contributed by atoms with van der Waals surface area (Å²) in [5.74, 6) is 1.42. The quantitative estimate of drug-likeness (QED) is 0.0836. The first-order chi connectivity index (χ1) is 25.9. The van der Waals surface area contributed by atoms with Gasteiger partial charge in [0.25, 0.3) is 11.2 Å². The smallest absolute Gasteiger partial charge is 0.344 e. The molecule has 0 aliphatic rings. The molecule has 0 amide bonds. The van der Waals surface area contributed by atoms with Crippen LogP contribution < -0.4 is 9.47 Å². The maximum absolute atomic E-state index is 11.7. The van der Waals surface area contributed by atoms with E-state index in [0.29, 0.717) is 11.5 Å². The molecule has 0 atom stereocenters. The Bertz CT molecular complexity index is 1840. The molecule has 0 radical (unpaired) electrons. The van der Waals surface area contributed by atoms with Crippen LogP contribution in [-0.2, 0) is 31.5 Å². The number of ether oxygens (including phenoxy) is 4. The summed E-state index contributed by atoms with van der Waals surface area (Å²) in [5, 5.41) is 29.6. The van der Waals surface area contributed by atoms with Crippen LogP contribution in [0.4, 0.5) is 0 Å². The van der Waals surface area contributed by atoms with Gasteiger partial charge in [-0.2, -0.15) is 0 Å². The fourth-order valence-corrected chi connectivity index (χ4v) is 6.47. The molecular formula is C46H48N2O6. The van der Waals surface area contributed by atoms with E-state index in [2.05, 4.69) is 63.7 Å². The standard InChI is InChI=1S/C46H48N2O6/c1-43(2,3)39-31-42(52-28-30-54-46(34-48-50,37-23-15-9-16-24-37)38-25-17-10-18-26-38)40(44(4,5)6)32-41(39)51-27-29-53-45(33-47-49,35-19-11-7-12-20-35)36-21-13-8-14-22-36/h7-26,31-32H,27-30H2,1-6H3. The predicted molar refractivity (Wildman–Crippen MR) is 215 cm³/mol. The van der Waals surface area contributed by atoms with Gasteiger partial charge in [-0.1, -0.05) is 163 Å². The molecule has 5 rings (SSSR count). The van der Waals surface area contributed by atoms with Crippen molar-refractivity contribution in [3.05, 3.63) is 187 Å². The van der Waals surface area contributed by atoms with Crippen LogP contribution in [0.25, 0.3) is 10.0 Å². The molecule has 0 unspecified atom stereocenters. The highest BCUT2D eigenvalue weighted by Crippen LogP contribution is 2.42. The second kappa shape index (κ2) is 17.4. The molecule has 278 valence electrons. The van der Waals surface area contributed by atoms with Gasteiger partial charge < -0.3 is 29.4 Å². The summed E-state index contributed by atoms with van der Waals surface area (Å²) >= 11 is 0. The van der Waals surface area contributed by atoms with Crippen molar-refractivity contribution in [2.75, 3.05) is 26.4 Å². The SMILES string of the molecule is CC(C)(C)c1cc(OCCOC(C#[N+][O-])(c2ccccc2)c2ccccc2)c(C(C)(C)C)cc1OCCOC(C#[N+][O-])(c1ccccc1)c1ccccc1. The Morgan fingerprint density at radius 2 is 0.722 bits per heavy atom. The Balaban J connectivity index is 1.39. The molecule has 0 N–H and O–H groups in total. The Kier molecular flexibility index (Phi) is 12.7. The minimum atomic E-state index is -1.31. The summed E-state index contributed by atoms with van der Waals surface area (Å²) in [6, 6.07) is 47.4. The number of nitrogens with zero attached hydrogens (tertiary/aromatic N) is 2. The lowest BCUT2D eigenvalue weighted by Crippen LogP contribution is -2.31. The van der Waals surface area contributed by atoms with Crippen molar-refractivity contribution in [1.29, 1.82) is 0 Å². The summed E-state index contributed by atoms with van der Waals surface area (Å²) in [6.07, 6.45) is 0. The van der Waals surface area contributed by atoms with Gasteiger partial charge in [-0.3, -0.25) is 0 Å². The minimum Gasteiger partial charge on any atom is -0.498 e. The van der Waals surface area contributed by atoms with Crippen molar-refractivity contribution >= 4 is 0 Å². The van der Waals surface area contributed by atoms with Gasteiger partial charge in [0.15, 0.2) is 0 Å². The van der Waals surface area contributed by atoms with Crippen molar-refractivity contribution in [3.63, 3.8) is 0 Å². The number of hydrogen-bond donors (Lipinski definition) is 0. The third-order valence-electron chi connectivity index (χ3n) is 9.14. The molecule has 5 aromatic rings. The molecule has 8 nitrogen and oxygen atoms in total. The Labute approximate surface area is 319 Å². The first-order valence-electron chi connectivity index (χ1n) is 18.1. The van der Waals surface area contributed by atoms with Crippen LogP contribution in [0.3, 0.4) is 0 Å². The zero-order valence-corrected chi connectivity index (χ0v) is 31.9. The van der Waals surface area contributed by atoms with Gasteiger partial charge in [-0.25, -0.2) is 0 Å². The molecule has 5 aromatic carbocycles. The Morgan fingerprint density at radius 3 is 0.963 bits per heavy atom. The zero-order valence-electron chi connectivity index (χ0n) is 31.9. The largest absolute Gasteiger partial charge is 0.498 e. The summed E-state index contributed by atoms with van der Waals surface area (Å²) < 4.78 is 26.0. The molecule has 0 fully saturated rings. The highest BCUT2D eigenvalue weighted by atomic mass is 16.5. The molecule has 8 heteroatoms. The molecule has 0 aliphatic carbocycles. The summed E-state index contributed by atoms with van der Waals surface area (Å²) in [5.41, 5.74) is 1.58. The van der Waals surface area contributed by atoms with Crippen LogP contribution in [0.5, 0.6) is 11.5 Å². The number of benzene rings is 5. The van der Waals surface area contributed by atoms with Crippen LogP contribution >= 0.6 is 0 Å². The Hall–Kier alpha value is -5.80. The van der Waals surface area contributed by atoms with E-state index in [-0.39, 0.29) is 37.3 Å². The van der Waals surface area contributed by atoms with Gasteiger partial charge >= 0.3 is 12.1 Å². The fourth-order valence-electron chi connectivity index (χ4n) is 6.47. The summed E-state index contributed by atoms with van der Waals surface area (Å²) in [7, 11) is 0. The van der Waals surface area contributed by atoms with Crippen LogP contribution in [-0.4, -0.2) is 26.4 Å². The van der Waals surface area contributed by atoms with E-state index in [4.69, 9.17) is 18.9 Å². The lowest BCUT2D eigenvalue weighted by Gasteiger charge is -2.30. The third kappa shape index (κ3) is 9.04. The van der Waals surface area contributed by atoms with Crippen LogP contribution in [0.2, 0.25) is 0 Å². The minimum absolute atomic E-state index is 0.143. The lowest BCUT2D eigenvalue weighted by molar-refractivity contribution is 0.00834. The lowest BCUT2D eigenvalue weighted by atomic mass is 9.81. The highest BCUT2D eigenvalue weighted by molar-refractivity contribution is 5.52. The monoisotopic (exact) mass is 724 g/mol. The van der Waals surface area contributed by atoms with Crippen molar-refractivity contribution in [3.8, 4) is 23.6 Å². The van der Waals surface area contributed by atoms with Gasteiger partial charge in [0.1, 0.15) is 24.7 Å². The molecule has 0 aliphatic heterocycles. The molecular weight excluding hydrogens is 677 g/mol. The first-order valence-corrected chi connectivity index (χ1v) is 18.1. The molecule has 0 aromatic heterocycles. The van der Waals surface area contributed by atoms with E-state index in [1.807, 2.05) is 133 Å². The summed E-state index contributed by atoms with van der Waals surface area (Å²) in [4.78, 5) is 0. The molecule has 0 saturated carbocycles. The van der Waals surface area contributed by atoms with E-state index < -0.39 is 11.2 Å². The van der Waals surface area contributed by atoms with Crippen molar-refractivity contribution in [1.82, 2.24) is 0 Å². The molecule has 0 heterocycles. The zero-order chi connectivity index (χ0) is 38.7. The van der Waals surface area contributed by atoms with Crippen LogP contribution in [0, 0.1) is 22.6 Å². The second-order valence-corrected chi connectivity index (χ2v) is 15.0. The van der Waals surface area contributed by atoms with Gasteiger partial charge in [0.2, 0.25) is 0 Å². The molecule has 54 heavy (non-hydrogen) atoms. The molecule has 0 bridgehead atoms. The Morgan fingerprint density at radius 1 is 0.444 bits per heavy atom. The normalized spacial score (nSPS) is 11.8. The first kappa shape index (κ1) is 39.4. The van der Waals surface area contributed by atoms with E-state index in [1.54, 1.807) is 0 Å². The van der Waals surface area contributed by atoms with Gasteiger partial charge in [-0.15, -0.1) is 0 Å².